The number of ether oxygens (including phenoxy) is 1. The Hall–Kier alpha value is -1.47. The second-order valence-corrected chi connectivity index (χ2v) is 5.65. The summed E-state index contributed by atoms with van der Waals surface area (Å²) in [7, 11) is 0. The van der Waals surface area contributed by atoms with Crippen LogP contribution >= 0.6 is 11.3 Å². The number of nitrogens with zero attached hydrogens (tertiary/aromatic N) is 1. The first kappa shape index (κ1) is 14.6. The normalized spacial score (nSPS) is 11.3. The summed E-state index contributed by atoms with van der Waals surface area (Å²) in [5.41, 5.74) is -1.04. The van der Waals surface area contributed by atoms with Crippen LogP contribution in [0.2, 0.25) is 0 Å². The molecule has 18 heavy (non-hydrogen) atoms. The van der Waals surface area contributed by atoms with Gasteiger partial charge in [0.15, 0.2) is 0 Å². The predicted molar refractivity (Wildman–Crippen MR) is 66.9 cm³/mol. The van der Waals surface area contributed by atoms with Gasteiger partial charge in [0, 0.05) is 17.9 Å². The Kier molecular flexibility index (Phi) is 4.42. The molecule has 0 unspecified atom stereocenters. The van der Waals surface area contributed by atoms with E-state index >= 15 is 0 Å². The molecular weight excluding hydrogens is 258 g/mol. The lowest BCUT2D eigenvalue weighted by Crippen LogP contribution is -2.18. The van der Waals surface area contributed by atoms with E-state index in [1.54, 1.807) is 13.8 Å². The molecule has 0 aliphatic heterocycles. The van der Waals surface area contributed by atoms with Crippen molar-refractivity contribution in [1.82, 2.24) is 0 Å². The van der Waals surface area contributed by atoms with Gasteiger partial charge in [0.2, 0.25) is 0 Å². The predicted octanol–water partition coefficient (Wildman–Crippen LogP) is 2.29. The number of esters is 1. The van der Waals surface area contributed by atoms with Crippen LogP contribution in [0.3, 0.4) is 0 Å². The summed E-state index contributed by atoms with van der Waals surface area (Å²) in [5, 5.41) is 20.4. The zero-order valence-corrected chi connectivity index (χ0v) is 11.2. The van der Waals surface area contributed by atoms with E-state index in [-0.39, 0.29) is 10.8 Å². The van der Waals surface area contributed by atoms with Gasteiger partial charge in [0.1, 0.15) is 0 Å². The van der Waals surface area contributed by atoms with Gasteiger partial charge in [0.25, 0.3) is 5.06 Å². The minimum Gasteiger partial charge on any atom is -0.408 e. The van der Waals surface area contributed by atoms with E-state index in [9.17, 15) is 20.0 Å². The van der Waals surface area contributed by atoms with Gasteiger partial charge in [-0.15, -0.1) is 0 Å². The highest BCUT2D eigenvalue weighted by molar-refractivity contribution is 7.14. The smallest absolute Gasteiger partial charge is 0.323 e. The number of hydrogen-bond donors (Lipinski definition) is 1. The van der Waals surface area contributed by atoms with Crippen LogP contribution in [0.5, 0.6) is 5.06 Å². The molecule has 1 rings (SSSR count). The zero-order valence-electron chi connectivity index (χ0n) is 10.4. The molecule has 100 valence electrons. The van der Waals surface area contributed by atoms with Crippen molar-refractivity contribution in [3.05, 3.63) is 21.1 Å². The molecule has 0 bridgehead atoms. The Morgan fingerprint density at radius 2 is 2.22 bits per heavy atom. The average molecular weight is 273 g/mol. The highest BCUT2D eigenvalue weighted by Crippen LogP contribution is 2.38. The summed E-state index contributed by atoms with van der Waals surface area (Å²) in [6.07, 6.45) is 0.973. The third-order valence-electron chi connectivity index (χ3n) is 2.15. The number of nitro groups is 1. The van der Waals surface area contributed by atoms with Crippen molar-refractivity contribution in [3.63, 3.8) is 0 Å². The van der Waals surface area contributed by atoms with Gasteiger partial charge in [-0.1, -0.05) is 11.3 Å². The molecule has 0 amide bonds. The maximum atomic E-state index is 10.8. The standard InChI is InChI=1S/C11H15NO5S/c1-7(13)17-10-9(12(15)16)6-8(18-10)4-5-11(2,3)14/h6,14H,4-5H2,1-3H3. The molecule has 7 heteroatoms. The van der Waals surface area contributed by atoms with Gasteiger partial charge in [-0.3, -0.25) is 14.9 Å². The summed E-state index contributed by atoms with van der Waals surface area (Å²) < 4.78 is 4.79. The van der Waals surface area contributed by atoms with Crippen molar-refractivity contribution >= 4 is 23.0 Å². The minimum atomic E-state index is -0.833. The Balaban J connectivity index is 2.88. The number of thiophene rings is 1. The summed E-state index contributed by atoms with van der Waals surface area (Å²) in [4.78, 5) is 21.8. The molecule has 0 spiro atoms. The zero-order chi connectivity index (χ0) is 13.9. The quantitative estimate of drug-likeness (QED) is 0.505. The Labute approximate surface area is 108 Å². The number of rotatable bonds is 5. The average Bonchev–Trinajstić information content (AvgIpc) is 2.56. The lowest BCUT2D eigenvalue weighted by Gasteiger charge is -2.15. The molecule has 0 aliphatic rings. The molecule has 0 atom stereocenters. The molecule has 0 saturated heterocycles. The Morgan fingerprint density at radius 1 is 1.61 bits per heavy atom. The maximum Gasteiger partial charge on any atom is 0.323 e. The van der Waals surface area contributed by atoms with Crippen LogP contribution in [0.15, 0.2) is 6.07 Å². The van der Waals surface area contributed by atoms with Crippen LogP contribution in [0.4, 0.5) is 5.69 Å². The molecule has 0 fully saturated rings. The van der Waals surface area contributed by atoms with E-state index in [2.05, 4.69) is 0 Å². The van der Waals surface area contributed by atoms with Gasteiger partial charge in [-0.2, -0.15) is 0 Å². The lowest BCUT2D eigenvalue weighted by molar-refractivity contribution is -0.385. The molecule has 1 aromatic rings. The molecule has 0 radical (unpaired) electrons. The van der Waals surface area contributed by atoms with Crippen LogP contribution in [0.25, 0.3) is 0 Å². The van der Waals surface area contributed by atoms with Gasteiger partial charge >= 0.3 is 11.7 Å². The topological polar surface area (TPSA) is 89.7 Å². The van der Waals surface area contributed by atoms with Crippen molar-refractivity contribution in [2.45, 2.75) is 39.2 Å². The number of carbonyl (C=O) groups is 1. The van der Waals surface area contributed by atoms with E-state index < -0.39 is 16.5 Å². The van der Waals surface area contributed by atoms with E-state index in [4.69, 9.17) is 4.74 Å². The van der Waals surface area contributed by atoms with Gasteiger partial charge in [-0.05, 0) is 26.7 Å². The Morgan fingerprint density at radius 3 is 2.67 bits per heavy atom. The molecule has 0 aliphatic carbocycles. The van der Waals surface area contributed by atoms with E-state index in [0.29, 0.717) is 17.7 Å². The molecular formula is C11H15NO5S. The fourth-order valence-corrected chi connectivity index (χ4v) is 2.31. The number of aliphatic hydroxyl groups is 1. The van der Waals surface area contributed by atoms with Crippen LogP contribution in [-0.2, 0) is 11.2 Å². The summed E-state index contributed by atoms with van der Waals surface area (Å²) in [6, 6.07) is 1.38. The van der Waals surface area contributed by atoms with Crippen LogP contribution in [0, 0.1) is 10.1 Å². The van der Waals surface area contributed by atoms with Gasteiger partial charge < -0.3 is 9.84 Å². The summed E-state index contributed by atoms with van der Waals surface area (Å²) in [6.45, 7) is 4.53. The van der Waals surface area contributed by atoms with Gasteiger partial charge in [-0.25, -0.2) is 0 Å². The van der Waals surface area contributed by atoms with Crippen molar-refractivity contribution in [3.8, 4) is 5.06 Å². The van der Waals surface area contributed by atoms with Crippen LogP contribution in [0.1, 0.15) is 32.1 Å². The Bertz CT molecular complexity index is 460. The van der Waals surface area contributed by atoms with E-state index in [0.717, 1.165) is 11.3 Å². The largest absolute Gasteiger partial charge is 0.408 e. The fourth-order valence-electron chi connectivity index (χ4n) is 1.30. The van der Waals surface area contributed by atoms with Gasteiger partial charge in [0.05, 0.1) is 10.5 Å². The molecule has 1 heterocycles. The number of hydrogen-bond acceptors (Lipinski definition) is 6. The second-order valence-electron chi connectivity index (χ2n) is 4.55. The highest BCUT2D eigenvalue weighted by atomic mass is 32.1. The number of carbonyl (C=O) groups excluding carboxylic acids is 1. The molecule has 1 N–H and O–H groups in total. The van der Waals surface area contributed by atoms with Crippen molar-refractivity contribution in [2.24, 2.45) is 0 Å². The van der Waals surface area contributed by atoms with E-state index in [1.807, 2.05) is 0 Å². The first-order chi connectivity index (χ1) is 8.19. The minimum absolute atomic E-state index is 0.00162. The number of aryl methyl sites for hydroxylation is 1. The maximum absolute atomic E-state index is 10.8. The summed E-state index contributed by atoms with van der Waals surface area (Å²) in [5.74, 6) is -0.589. The van der Waals surface area contributed by atoms with Crippen molar-refractivity contribution in [2.75, 3.05) is 0 Å². The van der Waals surface area contributed by atoms with Crippen molar-refractivity contribution in [1.29, 1.82) is 0 Å². The monoisotopic (exact) mass is 273 g/mol. The highest BCUT2D eigenvalue weighted by Gasteiger charge is 2.23. The SMILES string of the molecule is CC(=O)Oc1sc(CCC(C)(C)O)cc1[N+](=O)[O-]. The summed E-state index contributed by atoms with van der Waals surface area (Å²) >= 11 is 1.06. The molecule has 0 saturated carbocycles. The first-order valence-electron chi connectivity index (χ1n) is 5.37. The molecule has 1 aromatic heterocycles. The van der Waals surface area contributed by atoms with E-state index in [1.165, 1.54) is 13.0 Å². The molecule has 6 nitrogen and oxygen atoms in total. The van der Waals surface area contributed by atoms with Crippen LogP contribution in [-0.4, -0.2) is 21.6 Å². The van der Waals surface area contributed by atoms with Crippen LogP contribution < -0.4 is 4.74 Å². The fraction of sp³-hybridized carbons (Fsp3) is 0.545. The first-order valence-corrected chi connectivity index (χ1v) is 6.18. The van der Waals surface area contributed by atoms with Crippen molar-refractivity contribution < 1.29 is 19.6 Å². The third kappa shape index (κ3) is 4.42. The molecule has 0 aromatic carbocycles. The lowest BCUT2D eigenvalue weighted by atomic mass is 10.0. The second kappa shape index (κ2) is 5.45. The third-order valence-corrected chi connectivity index (χ3v) is 3.21.